The summed E-state index contributed by atoms with van der Waals surface area (Å²) in [5.74, 6) is 0. The number of hydrogen-bond acceptors (Lipinski definition) is 5. The molecular formula is C13H16N4O2. The molecule has 0 aliphatic carbocycles. The van der Waals surface area contributed by atoms with E-state index in [9.17, 15) is 10.1 Å². The zero-order valence-electron chi connectivity index (χ0n) is 10.9. The van der Waals surface area contributed by atoms with Gasteiger partial charge in [0, 0.05) is 41.6 Å². The van der Waals surface area contributed by atoms with Crippen molar-refractivity contribution in [2.45, 2.75) is 19.4 Å². The van der Waals surface area contributed by atoms with Gasteiger partial charge in [0.1, 0.15) is 0 Å². The quantitative estimate of drug-likeness (QED) is 0.649. The lowest BCUT2D eigenvalue weighted by Crippen LogP contribution is -2.39. The number of fused-ring (bicyclic) bond motifs is 1. The van der Waals surface area contributed by atoms with Crippen LogP contribution in [0.25, 0.3) is 10.8 Å². The molecular weight excluding hydrogens is 244 g/mol. The Kier molecular flexibility index (Phi) is 3.35. The van der Waals surface area contributed by atoms with E-state index in [1.54, 1.807) is 24.5 Å². The molecule has 3 N–H and O–H groups in total. The minimum absolute atomic E-state index is 0.0773. The largest absolute Gasteiger partial charge is 0.378 e. The number of non-ortho nitro benzene ring substituents is 1. The number of nitrogens with zero attached hydrogens (tertiary/aromatic N) is 2. The SMILES string of the molecule is CC(C)(CN)Nc1ccc([N+](=O)[O-])c2ccncc12. The van der Waals surface area contributed by atoms with E-state index < -0.39 is 0 Å². The molecule has 2 rings (SSSR count). The van der Waals surface area contributed by atoms with Gasteiger partial charge >= 0.3 is 0 Å². The fourth-order valence-corrected chi connectivity index (χ4v) is 1.86. The van der Waals surface area contributed by atoms with E-state index in [0.29, 0.717) is 11.9 Å². The maximum Gasteiger partial charge on any atom is 0.277 e. The minimum Gasteiger partial charge on any atom is -0.378 e. The predicted molar refractivity (Wildman–Crippen MR) is 75.2 cm³/mol. The van der Waals surface area contributed by atoms with Crippen molar-refractivity contribution in [1.29, 1.82) is 0 Å². The first kappa shape index (κ1) is 13.2. The van der Waals surface area contributed by atoms with Crippen LogP contribution >= 0.6 is 0 Å². The second kappa shape index (κ2) is 4.81. The summed E-state index contributed by atoms with van der Waals surface area (Å²) in [4.78, 5) is 14.7. The van der Waals surface area contributed by atoms with E-state index in [2.05, 4.69) is 10.3 Å². The Balaban J connectivity index is 2.59. The number of hydrogen-bond donors (Lipinski definition) is 2. The lowest BCUT2D eigenvalue weighted by molar-refractivity contribution is -0.383. The smallest absolute Gasteiger partial charge is 0.277 e. The van der Waals surface area contributed by atoms with Crippen molar-refractivity contribution in [3.8, 4) is 0 Å². The molecule has 1 aromatic heterocycles. The first-order valence-electron chi connectivity index (χ1n) is 5.94. The molecule has 0 saturated heterocycles. The van der Waals surface area contributed by atoms with Crippen LogP contribution in [-0.2, 0) is 0 Å². The van der Waals surface area contributed by atoms with E-state index >= 15 is 0 Å². The summed E-state index contributed by atoms with van der Waals surface area (Å²) < 4.78 is 0. The van der Waals surface area contributed by atoms with Crippen molar-refractivity contribution < 1.29 is 4.92 Å². The summed E-state index contributed by atoms with van der Waals surface area (Å²) in [6, 6.07) is 4.84. The molecule has 0 spiro atoms. The zero-order valence-corrected chi connectivity index (χ0v) is 10.9. The number of rotatable bonds is 4. The van der Waals surface area contributed by atoms with Gasteiger partial charge in [0.05, 0.1) is 10.3 Å². The molecule has 19 heavy (non-hydrogen) atoms. The average Bonchev–Trinajstić information content (AvgIpc) is 2.38. The Morgan fingerprint density at radius 1 is 1.37 bits per heavy atom. The van der Waals surface area contributed by atoms with E-state index in [-0.39, 0.29) is 16.1 Å². The van der Waals surface area contributed by atoms with Crippen LogP contribution in [0.5, 0.6) is 0 Å². The highest BCUT2D eigenvalue weighted by atomic mass is 16.6. The lowest BCUT2D eigenvalue weighted by Gasteiger charge is -2.26. The van der Waals surface area contributed by atoms with Gasteiger partial charge in [-0.2, -0.15) is 0 Å². The summed E-state index contributed by atoms with van der Waals surface area (Å²) in [7, 11) is 0. The van der Waals surface area contributed by atoms with Crippen LogP contribution in [0.15, 0.2) is 30.6 Å². The minimum atomic E-state index is -0.389. The zero-order chi connectivity index (χ0) is 14.0. The van der Waals surface area contributed by atoms with Crippen molar-refractivity contribution in [3.63, 3.8) is 0 Å². The van der Waals surface area contributed by atoms with Crippen molar-refractivity contribution in [2.75, 3.05) is 11.9 Å². The van der Waals surface area contributed by atoms with Gasteiger partial charge < -0.3 is 11.1 Å². The number of benzene rings is 1. The molecule has 0 fully saturated rings. The van der Waals surface area contributed by atoms with E-state index in [1.807, 2.05) is 13.8 Å². The lowest BCUT2D eigenvalue weighted by atomic mass is 10.0. The molecule has 0 atom stereocenters. The molecule has 1 aromatic carbocycles. The third-order valence-electron chi connectivity index (χ3n) is 2.98. The number of pyridine rings is 1. The highest BCUT2D eigenvalue weighted by Crippen LogP contribution is 2.31. The Morgan fingerprint density at radius 3 is 2.74 bits per heavy atom. The second-order valence-electron chi connectivity index (χ2n) is 5.02. The molecule has 1 heterocycles. The normalized spacial score (nSPS) is 11.5. The van der Waals surface area contributed by atoms with E-state index in [1.165, 1.54) is 6.07 Å². The number of nitro groups is 1. The number of nitrogens with one attached hydrogen (secondary N) is 1. The standard InChI is InChI=1S/C13H16N4O2/c1-13(2,8-14)16-11-3-4-12(17(18)19)9-5-6-15-7-10(9)11/h3-7,16H,8,14H2,1-2H3. The van der Waals surface area contributed by atoms with Crippen LogP contribution in [0.2, 0.25) is 0 Å². The van der Waals surface area contributed by atoms with E-state index in [0.717, 1.165) is 11.1 Å². The summed E-state index contributed by atoms with van der Waals surface area (Å²) >= 11 is 0. The highest BCUT2D eigenvalue weighted by molar-refractivity contribution is 5.99. The number of anilines is 1. The molecule has 6 heteroatoms. The number of nitro benzene ring substituents is 1. The molecule has 100 valence electrons. The maximum atomic E-state index is 11.0. The third kappa shape index (κ3) is 2.63. The van der Waals surface area contributed by atoms with Crippen LogP contribution in [0.3, 0.4) is 0 Å². The molecule has 0 aliphatic heterocycles. The second-order valence-corrected chi connectivity index (χ2v) is 5.02. The van der Waals surface area contributed by atoms with Gasteiger partial charge in [0.15, 0.2) is 0 Å². The van der Waals surface area contributed by atoms with Gasteiger partial charge in [-0.15, -0.1) is 0 Å². The van der Waals surface area contributed by atoms with Crippen LogP contribution in [0.4, 0.5) is 11.4 Å². The van der Waals surface area contributed by atoms with Gasteiger partial charge in [-0.25, -0.2) is 0 Å². The van der Waals surface area contributed by atoms with Crippen molar-refractivity contribution >= 4 is 22.1 Å². The third-order valence-corrected chi connectivity index (χ3v) is 2.98. The topological polar surface area (TPSA) is 94.1 Å². The Bertz CT molecular complexity index is 625. The van der Waals surface area contributed by atoms with Gasteiger partial charge in [-0.05, 0) is 26.0 Å². The molecule has 0 saturated carbocycles. The first-order valence-corrected chi connectivity index (χ1v) is 5.94. The number of aromatic nitrogens is 1. The fraction of sp³-hybridized carbons (Fsp3) is 0.308. The number of nitrogens with two attached hydrogens (primary N) is 1. The summed E-state index contributed by atoms with van der Waals surface area (Å²) in [5.41, 5.74) is 6.27. The van der Waals surface area contributed by atoms with Crippen molar-refractivity contribution in [2.24, 2.45) is 5.73 Å². The van der Waals surface area contributed by atoms with Gasteiger partial charge in [-0.1, -0.05) is 0 Å². The van der Waals surface area contributed by atoms with Gasteiger partial charge in [0.2, 0.25) is 0 Å². The Labute approximate surface area is 110 Å². The summed E-state index contributed by atoms with van der Waals surface area (Å²) in [5, 5.41) is 15.6. The monoisotopic (exact) mass is 260 g/mol. The molecule has 0 radical (unpaired) electrons. The first-order chi connectivity index (χ1) is 8.94. The fourth-order valence-electron chi connectivity index (χ4n) is 1.86. The molecule has 0 aliphatic rings. The summed E-state index contributed by atoms with van der Waals surface area (Å²) in [6.45, 7) is 4.39. The Hall–Kier alpha value is -2.21. The highest BCUT2D eigenvalue weighted by Gasteiger charge is 2.19. The van der Waals surface area contributed by atoms with Crippen molar-refractivity contribution in [1.82, 2.24) is 4.98 Å². The Morgan fingerprint density at radius 2 is 2.11 bits per heavy atom. The van der Waals surface area contributed by atoms with Gasteiger partial charge in [0.25, 0.3) is 5.69 Å². The van der Waals surface area contributed by atoms with Crippen LogP contribution in [0.1, 0.15) is 13.8 Å². The van der Waals surface area contributed by atoms with Crippen LogP contribution in [-0.4, -0.2) is 22.0 Å². The predicted octanol–water partition coefficient (Wildman–Crippen LogP) is 2.29. The molecule has 0 bridgehead atoms. The van der Waals surface area contributed by atoms with Crippen molar-refractivity contribution in [3.05, 3.63) is 40.7 Å². The molecule has 6 nitrogen and oxygen atoms in total. The van der Waals surface area contributed by atoms with Crippen LogP contribution in [0, 0.1) is 10.1 Å². The van der Waals surface area contributed by atoms with Gasteiger partial charge in [-0.3, -0.25) is 15.1 Å². The van der Waals surface area contributed by atoms with Crippen LogP contribution < -0.4 is 11.1 Å². The van der Waals surface area contributed by atoms with E-state index in [4.69, 9.17) is 5.73 Å². The molecule has 0 amide bonds. The summed E-state index contributed by atoms with van der Waals surface area (Å²) in [6.07, 6.45) is 3.17. The maximum absolute atomic E-state index is 11.0. The average molecular weight is 260 g/mol. The molecule has 2 aromatic rings. The molecule has 0 unspecified atom stereocenters.